The van der Waals surface area contributed by atoms with Crippen LogP contribution in [-0.2, 0) is 28.5 Å². The highest BCUT2D eigenvalue weighted by molar-refractivity contribution is 5.81. The average Bonchev–Trinajstić information content (AvgIpc) is 3.02. The summed E-state index contributed by atoms with van der Waals surface area (Å²) in [5.74, 6) is -0.762. The molecular formula is C37H70O6. The summed E-state index contributed by atoms with van der Waals surface area (Å²) in [6.07, 6.45) is 33.3. The Morgan fingerprint density at radius 3 is 0.907 bits per heavy atom. The van der Waals surface area contributed by atoms with Crippen molar-refractivity contribution >= 4 is 11.9 Å². The van der Waals surface area contributed by atoms with Gasteiger partial charge in [-0.05, 0) is 12.8 Å². The lowest BCUT2D eigenvalue weighted by Gasteiger charge is -2.05. The SMILES string of the molecule is C=CC(=O)OCCOCCCCCCCCCCCCC.C=CC(=O)OCCOCCCCCCCCCCCCCC. The minimum atomic E-state index is -0.381. The first-order valence-corrected chi connectivity index (χ1v) is 17.9. The van der Waals surface area contributed by atoms with E-state index in [4.69, 9.17) is 18.9 Å². The number of unbranched alkanes of at least 4 members (excludes halogenated alkanes) is 21. The number of carbonyl (C=O) groups is 2. The van der Waals surface area contributed by atoms with Crippen molar-refractivity contribution < 1.29 is 28.5 Å². The Balaban J connectivity index is 0. The first-order chi connectivity index (χ1) is 21.1. The van der Waals surface area contributed by atoms with Crippen LogP contribution in [0.2, 0.25) is 0 Å². The molecule has 6 nitrogen and oxygen atoms in total. The van der Waals surface area contributed by atoms with Gasteiger partial charge in [0.25, 0.3) is 0 Å². The van der Waals surface area contributed by atoms with E-state index in [1.54, 1.807) is 0 Å². The van der Waals surface area contributed by atoms with Crippen molar-refractivity contribution in [1.29, 1.82) is 0 Å². The number of hydrogen-bond donors (Lipinski definition) is 0. The summed E-state index contributed by atoms with van der Waals surface area (Å²) in [5.41, 5.74) is 0. The van der Waals surface area contributed by atoms with E-state index in [-0.39, 0.29) is 11.9 Å². The number of carbonyl (C=O) groups excluding carboxylic acids is 2. The third kappa shape index (κ3) is 42.5. The van der Waals surface area contributed by atoms with E-state index in [1.165, 1.54) is 147 Å². The monoisotopic (exact) mass is 611 g/mol. The second-order valence-corrected chi connectivity index (χ2v) is 11.4. The van der Waals surface area contributed by atoms with Crippen LogP contribution in [0.3, 0.4) is 0 Å². The molecule has 0 rings (SSSR count). The summed E-state index contributed by atoms with van der Waals surface area (Å²) in [6, 6.07) is 0. The van der Waals surface area contributed by atoms with Crippen LogP contribution in [0.25, 0.3) is 0 Å². The molecule has 0 aliphatic carbocycles. The zero-order valence-corrected chi connectivity index (χ0v) is 28.5. The lowest BCUT2D eigenvalue weighted by molar-refractivity contribution is -0.140. The number of hydrogen-bond acceptors (Lipinski definition) is 6. The van der Waals surface area contributed by atoms with Gasteiger partial charge in [-0.25, -0.2) is 9.59 Å². The second-order valence-electron chi connectivity index (χ2n) is 11.4. The van der Waals surface area contributed by atoms with E-state index in [9.17, 15) is 9.59 Å². The summed E-state index contributed by atoms with van der Waals surface area (Å²) in [7, 11) is 0. The number of ether oxygens (including phenoxy) is 4. The van der Waals surface area contributed by atoms with Crippen molar-refractivity contribution in [3.05, 3.63) is 25.3 Å². The maximum atomic E-state index is 10.8. The highest BCUT2D eigenvalue weighted by atomic mass is 16.6. The Bertz CT molecular complexity index is 592. The zero-order valence-electron chi connectivity index (χ0n) is 28.5. The van der Waals surface area contributed by atoms with Crippen LogP contribution in [0.4, 0.5) is 0 Å². The van der Waals surface area contributed by atoms with Crippen LogP contribution >= 0.6 is 0 Å². The van der Waals surface area contributed by atoms with E-state index in [2.05, 4.69) is 27.0 Å². The maximum absolute atomic E-state index is 10.8. The fraction of sp³-hybridized carbons (Fsp3) is 0.838. The lowest BCUT2D eigenvalue weighted by atomic mass is 10.1. The van der Waals surface area contributed by atoms with Gasteiger partial charge in [0.15, 0.2) is 0 Å². The molecule has 0 aromatic heterocycles. The topological polar surface area (TPSA) is 71.1 Å². The highest BCUT2D eigenvalue weighted by Gasteiger charge is 1.98. The molecule has 0 bridgehead atoms. The molecule has 0 saturated heterocycles. The van der Waals surface area contributed by atoms with Crippen molar-refractivity contribution in [2.75, 3.05) is 39.6 Å². The van der Waals surface area contributed by atoms with E-state index >= 15 is 0 Å². The first kappa shape index (κ1) is 43.5. The molecule has 6 heteroatoms. The molecule has 0 fully saturated rings. The summed E-state index contributed by atoms with van der Waals surface area (Å²) >= 11 is 0. The average molecular weight is 611 g/mol. The molecule has 0 radical (unpaired) electrons. The molecule has 0 spiro atoms. The quantitative estimate of drug-likeness (QED) is 0.0418. The molecular weight excluding hydrogens is 540 g/mol. The Kier molecular flexibility index (Phi) is 40.8. The highest BCUT2D eigenvalue weighted by Crippen LogP contribution is 2.12. The molecule has 0 aliphatic rings. The van der Waals surface area contributed by atoms with E-state index in [0.717, 1.165) is 26.1 Å². The Morgan fingerprint density at radius 2 is 0.651 bits per heavy atom. The predicted molar refractivity (Wildman–Crippen MR) is 181 cm³/mol. The first-order valence-electron chi connectivity index (χ1n) is 17.9. The summed E-state index contributed by atoms with van der Waals surface area (Å²) in [4.78, 5) is 21.5. The fourth-order valence-electron chi connectivity index (χ4n) is 4.64. The lowest BCUT2D eigenvalue weighted by Crippen LogP contribution is -2.08. The molecule has 0 amide bonds. The minimum absolute atomic E-state index is 0.322. The van der Waals surface area contributed by atoms with Gasteiger partial charge in [-0.2, -0.15) is 0 Å². The summed E-state index contributed by atoms with van der Waals surface area (Å²) in [5, 5.41) is 0. The van der Waals surface area contributed by atoms with Gasteiger partial charge in [0, 0.05) is 25.4 Å². The Labute approximate surface area is 266 Å². The van der Waals surface area contributed by atoms with Gasteiger partial charge in [0.2, 0.25) is 0 Å². The van der Waals surface area contributed by atoms with E-state index < -0.39 is 0 Å². The summed E-state index contributed by atoms with van der Waals surface area (Å²) < 4.78 is 20.4. The predicted octanol–water partition coefficient (Wildman–Crippen LogP) is 10.5. The third-order valence-electron chi connectivity index (χ3n) is 7.31. The summed E-state index contributed by atoms with van der Waals surface area (Å²) in [6.45, 7) is 14.3. The van der Waals surface area contributed by atoms with Crippen molar-refractivity contribution in [1.82, 2.24) is 0 Å². The smallest absolute Gasteiger partial charge is 0.330 e. The van der Waals surface area contributed by atoms with Gasteiger partial charge in [-0.3, -0.25) is 0 Å². The minimum Gasteiger partial charge on any atom is -0.460 e. The molecule has 0 saturated carbocycles. The largest absolute Gasteiger partial charge is 0.460 e. The molecule has 43 heavy (non-hydrogen) atoms. The van der Waals surface area contributed by atoms with Crippen LogP contribution in [0.1, 0.15) is 162 Å². The van der Waals surface area contributed by atoms with Gasteiger partial charge in [-0.1, -0.05) is 162 Å². The molecule has 0 aromatic carbocycles. The van der Waals surface area contributed by atoms with Crippen LogP contribution in [0, 0.1) is 0 Å². The van der Waals surface area contributed by atoms with Crippen LogP contribution in [-0.4, -0.2) is 51.6 Å². The zero-order chi connectivity index (χ0) is 31.9. The normalized spacial score (nSPS) is 10.6. The molecule has 0 aliphatic heterocycles. The van der Waals surface area contributed by atoms with E-state index in [0.29, 0.717) is 26.4 Å². The Hall–Kier alpha value is -1.66. The van der Waals surface area contributed by atoms with Crippen molar-refractivity contribution in [3.63, 3.8) is 0 Å². The van der Waals surface area contributed by atoms with Gasteiger partial charge in [0.05, 0.1) is 13.2 Å². The van der Waals surface area contributed by atoms with E-state index in [1.807, 2.05) is 0 Å². The third-order valence-corrected chi connectivity index (χ3v) is 7.31. The molecule has 0 heterocycles. The van der Waals surface area contributed by atoms with Crippen LogP contribution in [0.5, 0.6) is 0 Å². The molecule has 0 unspecified atom stereocenters. The van der Waals surface area contributed by atoms with Gasteiger partial charge < -0.3 is 18.9 Å². The van der Waals surface area contributed by atoms with Crippen molar-refractivity contribution in [2.24, 2.45) is 0 Å². The molecule has 0 N–H and O–H groups in total. The van der Waals surface area contributed by atoms with Crippen molar-refractivity contribution in [3.8, 4) is 0 Å². The number of esters is 2. The van der Waals surface area contributed by atoms with Crippen molar-refractivity contribution in [2.45, 2.75) is 162 Å². The van der Waals surface area contributed by atoms with Gasteiger partial charge >= 0.3 is 11.9 Å². The standard InChI is InChI=1S/C19H36O3.C18H34O3/c1-3-5-6-7-8-9-10-11-12-13-14-15-16-21-17-18-22-19(20)4-2;1-3-5-6-7-8-9-10-11-12-13-14-15-20-16-17-21-18(19)4-2/h4H,2-3,5-18H2,1H3;4H,2-3,5-17H2,1H3. The molecule has 0 aromatic rings. The molecule has 0 atom stereocenters. The maximum Gasteiger partial charge on any atom is 0.330 e. The second kappa shape index (κ2) is 40.3. The van der Waals surface area contributed by atoms with Gasteiger partial charge in [-0.15, -0.1) is 0 Å². The van der Waals surface area contributed by atoms with Crippen LogP contribution < -0.4 is 0 Å². The number of rotatable bonds is 33. The van der Waals surface area contributed by atoms with Crippen LogP contribution in [0.15, 0.2) is 25.3 Å². The molecule has 254 valence electrons. The fourth-order valence-corrected chi connectivity index (χ4v) is 4.64. The van der Waals surface area contributed by atoms with Gasteiger partial charge in [0.1, 0.15) is 13.2 Å². The Morgan fingerprint density at radius 1 is 0.395 bits per heavy atom.